The average Bonchev–Trinajstić information content (AvgIpc) is 3.10. The number of anilines is 1. The van der Waals surface area contributed by atoms with Crippen LogP contribution >= 0.6 is 23.2 Å². The molecule has 0 bridgehead atoms. The molecule has 1 saturated heterocycles. The van der Waals surface area contributed by atoms with Gasteiger partial charge in [0.1, 0.15) is 5.69 Å². The molecule has 1 aromatic carbocycles. The number of aromatic nitrogens is 2. The Bertz CT molecular complexity index is 776. The van der Waals surface area contributed by atoms with Crippen molar-refractivity contribution in [2.45, 2.75) is 26.2 Å². The van der Waals surface area contributed by atoms with Gasteiger partial charge in [-0.2, -0.15) is 0 Å². The number of rotatable bonds is 5. The zero-order chi connectivity index (χ0) is 17.8. The van der Waals surface area contributed by atoms with Gasteiger partial charge in [-0.15, -0.1) is 0 Å². The summed E-state index contributed by atoms with van der Waals surface area (Å²) in [5.41, 5.74) is 2.21. The lowest BCUT2D eigenvalue weighted by Gasteiger charge is -2.15. The van der Waals surface area contributed by atoms with E-state index in [1.807, 2.05) is 24.0 Å². The number of amides is 1. The summed E-state index contributed by atoms with van der Waals surface area (Å²) in [7, 11) is 0. The highest BCUT2D eigenvalue weighted by molar-refractivity contribution is 6.35. The van der Waals surface area contributed by atoms with Crippen molar-refractivity contribution < 1.29 is 4.79 Å². The van der Waals surface area contributed by atoms with E-state index in [0.29, 0.717) is 34.7 Å². The molecule has 3 rings (SSSR count). The molecular weight excluding hydrogens is 359 g/mol. The first-order valence-corrected chi connectivity index (χ1v) is 9.11. The van der Waals surface area contributed by atoms with Gasteiger partial charge in [0.2, 0.25) is 5.95 Å². The van der Waals surface area contributed by atoms with Gasteiger partial charge in [-0.1, -0.05) is 29.3 Å². The number of nitrogens with one attached hydrogen (secondary N) is 1. The summed E-state index contributed by atoms with van der Waals surface area (Å²) in [4.78, 5) is 23.1. The van der Waals surface area contributed by atoms with Crippen LogP contribution in [0.3, 0.4) is 0 Å². The average molecular weight is 379 g/mol. The Morgan fingerprint density at radius 2 is 1.96 bits per heavy atom. The predicted octanol–water partition coefficient (Wildman–Crippen LogP) is 3.98. The van der Waals surface area contributed by atoms with Gasteiger partial charge in [0.25, 0.3) is 5.91 Å². The van der Waals surface area contributed by atoms with Gasteiger partial charge in [0.05, 0.1) is 0 Å². The first kappa shape index (κ1) is 18.0. The van der Waals surface area contributed by atoms with Crippen LogP contribution in [0, 0.1) is 6.92 Å². The first-order chi connectivity index (χ1) is 12.0. The van der Waals surface area contributed by atoms with Crippen molar-refractivity contribution in [2.75, 3.05) is 25.0 Å². The second-order valence-corrected chi connectivity index (χ2v) is 6.97. The summed E-state index contributed by atoms with van der Waals surface area (Å²) in [6, 6.07) is 7.20. The van der Waals surface area contributed by atoms with Gasteiger partial charge >= 0.3 is 0 Å². The number of hydrogen-bond donors (Lipinski definition) is 1. The van der Waals surface area contributed by atoms with Gasteiger partial charge in [-0.05, 0) is 49.9 Å². The fourth-order valence-corrected chi connectivity index (χ4v) is 3.38. The van der Waals surface area contributed by atoms with Gasteiger partial charge < -0.3 is 10.2 Å². The molecule has 1 amide bonds. The number of likely N-dealkylation sites (tertiary alicyclic amines) is 1. The normalized spacial score (nSPS) is 14.0. The Kier molecular flexibility index (Phi) is 5.76. The predicted molar refractivity (Wildman–Crippen MR) is 101 cm³/mol. The Hall–Kier alpha value is -1.85. The lowest BCUT2D eigenvalue weighted by molar-refractivity contribution is 0.0787. The fraction of sp³-hybridized carbons (Fsp3) is 0.389. The number of carbonyl (C=O) groups excluding carboxylic acids is 1. The highest BCUT2D eigenvalue weighted by Crippen LogP contribution is 2.21. The highest BCUT2D eigenvalue weighted by Gasteiger charge is 2.21. The van der Waals surface area contributed by atoms with Crippen molar-refractivity contribution in [3.05, 3.63) is 51.3 Å². The molecule has 25 heavy (non-hydrogen) atoms. The molecule has 5 nitrogen and oxygen atoms in total. The molecular formula is C18H20Cl2N4O. The maximum absolute atomic E-state index is 12.5. The third-order valence-corrected chi connectivity index (χ3v) is 4.75. The van der Waals surface area contributed by atoms with Crippen LogP contribution in [0.25, 0.3) is 0 Å². The Balaban J connectivity index is 1.65. The molecule has 7 heteroatoms. The quantitative estimate of drug-likeness (QED) is 0.854. The maximum atomic E-state index is 12.5. The molecule has 1 aromatic heterocycles. The van der Waals surface area contributed by atoms with E-state index in [0.717, 1.165) is 37.2 Å². The van der Waals surface area contributed by atoms with E-state index in [-0.39, 0.29) is 5.91 Å². The van der Waals surface area contributed by atoms with Crippen molar-refractivity contribution in [1.82, 2.24) is 14.9 Å². The largest absolute Gasteiger partial charge is 0.354 e. The van der Waals surface area contributed by atoms with Crippen LogP contribution in [-0.2, 0) is 6.42 Å². The van der Waals surface area contributed by atoms with E-state index >= 15 is 0 Å². The minimum Gasteiger partial charge on any atom is -0.354 e. The summed E-state index contributed by atoms with van der Waals surface area (Å²) in [5.74, 6) is 0.444. The molecule has 1 aliphatic rings. The number of carbonyl (C=O) groups is 1. The van der Waals surface area contributed by atoms with E-state index in [4.69, 9.17) is 23.2 Å². The second-order valence-electron chi connectivity index (χ2n) is 6.13. The summed E-state index contributed by atoms with van der Waals surface area (Å²) >= 11 is 12.1. The summed E-state index contributed by atoms with van der Waals surface area (Å²) in [5, 5.41) is 4.44. The van der Waals surface area contributed by atoms with Crippen LogP contribution in [0.15, 0.2) is 24.3 Å². The number of benzene rings is 1. The summed E-state index contributed by atoms with van der Waals surface area (Å²) in [6.07, 6.45) is 2.83. The molecule has 1 fully saturated rings. The Morgan fingerprint density at radius 3 is 2.68 bits per heavy atom. The van der Waals surface area contributed by atoms with Crippen LogP contribution in [0.1, 0.15) is 34.6 Å². The molecule has 2 aromatic rings. The van der Waals surface area contributed by atoms with Crippen molar-refractivity contribution in [1.29, 1.82) is 0 Å². The molecule has 0 aliphatic carbocycles. The summed E-state index contributed by atoms with van der Waals surface area (Å²) < 4.78 is 0. The molecule has 0 radical (unpaired) electrons. The molecule has 0 unspecified atom stereocenters. The van der Waals surface area contributed by atoms with Gasteiger partial charge in [0, 0.05) is 35.4 Å². The lowest BCUT2D eigenvalue weighted by atomic mass is 10.1. The molecule has 2 heterocycles. The zero-order valence-corrected chi connectivity index (χ0v) is 15.6. The number of nitrogens with zero attached hydrogens (tertiary/aromatic N) is 3. The van der Waals surface area contributed by atoms with Crippen LogP contribution in [0.2, 0.25) is 10.0 Å². The standard InChI is InChI=1S/C18H20Cl2N4O/c1-12-10-16(17(25)24-8-2-3-9-24)23-18(22-12)21-7-6-13-4-5-14(19)11-15(13)20/h4-5,10-11H,2-3,6-9H2,1H3,(H,21,22,23). The second kappa shape index (κ2) is 8.02. The Labute approximate surface area is 157 Å². The molecule has 1 N–H and O–H groups in total. The molecule has 1 aliphatic heterocycles. The lowest BCUT2D eigenvalue weighted by Crippen LogP contribution is -2.29. The van der Waals surface area contributed by atoms with Crippen molar-refractivity contribution in [3.8, 4) is 0 Å². The van der Waals surface area contributed by atoms with Crippen molar-refractivity contribution in [3.63, 3.8) is 0 Å². The van der Waals surface area contributed by atoms with E-state index in [1.165, 1.54) is 0 Å². The minimum absolute atomic E-state index is 0.0215. The monoisotopic (exact) mass is 378 g/mol. The van der Waals surface area contributed by atoms with Crippen LogP contribution in [-0.4, -0.2) is 40.4 Å². The van der Waals surface area contributed by atoms with E-state index < -0.39 is 0 Å². The summed E-state index contributed by atoms with van der Waals surface area (Å²) in [6.45, 7) is 4.09. The molecule has 0 atom stereocenters. The van der Waals surface area contributed by atoms with Gasteiger partial charge in [0.15, 0.2) is 0 Å². The van der Waals surface area contributed by atoms with E-state index in [9.17, 15) is 4.79 Å². The SMILES string of the molecule is Cc1cc(C(=O)N2CCCC2)nc(NCCc2ccc(Cl)cc2Cl)n1. The number of hydrogen-bond acceptors (Lipinski definition) is 4. The zero-order valence-electron chi connectivity index (χ0n) is 14.1. The topological polar surface area (TPSA) is 58.1 Å². The third kappa shape index (κ3) is 4.61. The fourth-order valence-electron chi connectivity index (χ4n) is 2.87. The third-order valence-electron chi connectivity index (χ3n) is 4.16. The van der Waals surface area contributed by atoms with E-state index in [1.54, 1.807) is 12.1 Å². The number of aryl methyl sites for hydroxylation is 1. The first-order valence-electron chi connectivity index (χ1n) is 8.36. The maximum Gasteiger partial charge on any atom is 0.272 e. The number of halogens is 2. The molecule has 132 valence electrons. The van der Waals surface area contributed by atoms with Crippen molar-refractivity contribution >= 4 is 35.1 Å². The Morgan fingerprint density at radius 1 is 1.20 bits per heavy atom. The smallest absolute Gasteiger partial charge is 0.272 e. The van der Waals surface area contributed by atoms with Gasteiger partial charge in [-0.3, -0.25) is 4.79 Å². The minimum atomic E-state index is -0.0215. The van der Waals surface area contributed by atoms with Crippen LogP contribution in [0.4, 0.5) is 5.95 Å². The van der Waals surface area contributed by atoms with E-state index in [2.05, 4.69) is 15.3 Å². The van der Waals surface area contributed by atoms with Crippen LogP contribution in [0.5, 0.6) is 0 Å². The van der Waals surface area contributed by atoms with Crippen molar-refractivity contribution in [2.24, 2.45) is 0 Å². The highest BCUT2D eigenvalue weighted by atomic mass is 35.5. The van der Waals surface area contributed by atoms with Crippen LogP contribution < -0.4 is 5.32 Å². The molecule has 0 saturated carbocycles. The van der Waals surface area contributed by atoms with Gasteiger partial charge in [-0.25, -0.2) is 9.97 Å². The molecule has 0 spiro atoms.